The minimum Gasteiger partial charge on any atom is -0.495 e. The summed E-state index contributed by atoms with van der Waals surface area (Å²) in [5.74, 6) is 0.0790. The van der Waals surface area contributed by atoms with Gasteiger partial charge in [-0.2, -0.15) is 4.31 Å². The zero-order chi connectivity index (χ0) is 21.0. The lowest BCUT2D eigenvalue weighted by molar-refractivity contribution is 0.0539. The molecule has 0 radical (unpaired) electrons. The second-order valence-electron chi connectivity index (χ2n) is 7.81. The van der Waals surface area contributed by atoms with Crippen LogP contribution in [0, 0.1) is 0 Å². The Morgan fingerprint density at radius 1 is 1.28 bits per heavy atom. The molecular formula is C21H32N2O5S. The summed E-state index contributed by atoms with van der Waals surface area (Å²) in [7, 11) is -2.30. The van der Waals surface area contributed by atoms with E-state index in [0.29, 0.717) is 25.2 Å². The molecule has 2 heterocycles. The molecule has 0 aromatic heterocycles. The standard InChI is InChI=1S/C21H32N2O5S/c1-4-22(15-18-9-7-13-28-18)21(24)17-10-11-19(27-3)20(14-17)29(25,26)23-12-6-5-8-16(23)2/h10-11,14,16,18H,4-9,12-13,15H2,1-3H3. The van der Waals surface area contributed by atoms with Gasteiger partial charge in [-0.25, -0.2) is 8.42 Å². The number of piperidine rings is 1. The first-order chi connectivity index (χ1) is 13.9. The molecule has 2 aliphatic rings. The smallest absolute Gasteiger partial charge is 0.253 e. The molecule has 1 aromatic carbocycles. The molecule has 2 saturated heterocycles. The maximum absolute atomic E-state index is 13.4. The minimum absolute atomic E-state index is 0.0505. The highest BCUT2D eigenvalue weighted by atomic mass is 32.2. The van der Waals surface area contributed by atoms with Crippen molar-refractivity contribution in [1.82, 2.24) is 9.21 Å². The van der Waals surface area contributed by atoms with Crippen LogP contribution in [-0.4, -0.2) is 69.0 Å². The van der Waals surface area contributed by atoms with E-state index in [-0.39, 0.29) is 28.7 Å². The highest BCUT2D eigenvalue weighted by molar-refractivity contribution is 7.89. The first-order valence-corrected chi connectivity index (χ1v) is 11.9. The second-order valence-corrected chi connectivity index (χ2v) is 9.66. The minimum atomic E-state index is -3.75. The summed E-state index contributed by atoms with van der Waals surface area (Å²) in [6.45, 7) is 6.13. The number of sulfonamides is 1. The summed E-state index contributed by atoms with van der Waals surface area (Å²) < 4.78 is 39.3. The molecule has 1 aromatic rings. The zero-order valence-electron chi connectivity index (χ0n) is 17.6. The first-order valence-electron chi connectivity index (χ1n) is 10.5. The number of hydrogen-bond donors (Lipinski definition) is 0. The number of benzene rings is 1. The van der Waals surface area contributed by atoms with Gasteiger partial charge in [-0.1, -0.05) is 6.42 Å². The summed E-state index contributed by atoms with van der Waals surface area (Å²) in [5.41, 5.74) is 0.355. The van der Waals surface area contributed by atoms with Gasteiger partial charge in [-0.3, -0.25) is 4.79 Å². The average molecular weight is 425 g/mol. The first kappa shape index (κ1) is 22.1. The van der Waals surface area contributed by atoms with Crippen LogP contribution < -0.4 is 4.74 Å². The van der Waals surface area contributed by atoms with Crippen molar-refractivity contribution >= 4 is 15.9 Å². The number of carbonyl (C=O) groups is 1. The number of hydrogen-bond acceptors (Lipinski definition) is 5. The number of amides is 1. The Balaban J connectivity index is 1.90. The van der Waals surface area contributed by atoms with Gasteiger partial charge in [0.15, 0.2) is 0 Å². The molecule has 8 heteroatoms. The highest BCUT2D eigenvalue weighted by Crippen LogP contribution is 2.32. The van der Waals surface area contributed by atoms with E-state index in [4.69, 9.17) is 9.47 Å². The number of nitrogens with zero attached hydrogens (tertiary/aromatic N) is 2. The summed E-state index contributed by atoms with van der Waals surface area (Å²) in [5, 5.41) is 0. The van der Waals surface area contributed by atoms with E-state index >= 15 is 0 Å². The third kappa shape index (κ3) is 4.75. The maximum atomic E-state index is 13.4. The number of methoxy groups -OCH3 is 1. The number of likely N-dealkylation sites (N-methyl/N-ethyl adjacent to an activating group) is 1. The van der Waals surface area contributed by atoms with Gasteiger partial charge < -0.3 is 14.4 Å². The van der Waals surface area contributed by atoms with E-state index in [0.717, 1.165) is 38.7 Å². The molecule has 2 fully saturated rings. The van der Waals surface area contributed by atoms with E-state index in [1.54, 1.807) is 17.0 Å². The van der Waals surface area contributed by atoms with Gasteiger partial charge in [0.1, 0.15) is 10.6 Å². The molecule has 2 atom stereocenters. The molecule has 7 nitrogen and oxygen atoms in total. The zero-order valence-corrected chi connectivity index (χ0v) is 18.4. The lowest BCUT2D eigenvalue weighted by Crippen LogP contribution is -2.42. The summed E-state index contributed by atoms with van der Waals surface area (Å²) in [6.07, 6.45) is 4.71. The van der Waals surface area contributed by atoms with Crippen LogP contribution in [0.3, 0.4) is 0 Å². The monoisotopic (exact) mass is 424 g/mol. The predicted octanol–water partition coefficient (Wildman–Crippen LogP) is 2.90. The van der Waals surface area contributed by atoms with Crippen LogP contribution >= 0.6 is 0 Å². The van der Waals surface area contributed by atoms with Crippen LogP contribution in [-0.2, 0) is 14.8 Å². The molecule has 0 saturated carbocycles. The van der Waals surface area contributed by atoms with Crippen LogP contribution in [0.1, 0.15) is 56.3 Å². The molecule has 1 amide bonds. The van der Waals surface area contributed by atoms with Crippen molar-refractivity contribution in [2.75, 3.05) is 33.4 Å². The molecule has 0 aliphatic carbocycles. The van der Waals surface area contributed by atoms with Crippen molar-refractivity contribution < 1.29 is 22.7 Å². The van der Waals surface area contributed by atoms with Crippen LogP contribution in [0.25, 0.3) is 0 Å². The summed E-state index contributed by atoms with van der Waals surface area (Å²) in [6, 6.07) is 4.62. The summed E-state index contributed by atoms with van der Waals surface area (Å²) >= 11 is 0. The number of ether oxygens (including phenoxy) is 2. The van der Waals surface area contributed by atoms with Crippen molar-refractivity contribution in [3.05, 3.63) is 23.8 Å². The Bertz CT molecular complexity index is 820. The van der Waals surface area contributed by atoms with Gasteiger partial charge >= 0.3 is 0 Å². The predicted molar refractivity (Wildman–Crippen MR) is 111 cm³/mol. The van der Waals surface area contributed by atoms with E-state index in [1.165, 1.54) is 17.5 Å². The Morgan fingerprint density at radius 3 is 2.69 bits per heavy atom. The molecule has 29 heavy (non-hydrogen) atoms. The molecule has 3 rings (SSSR count). The van der Waals surface area contributed by atoms with Crippen LogP contribution in [0.5, 0.6) is 5.75 Å². The molecule has 2 unspecified atom stereocenters. The van der Waals surface area contributed by atoms with Crippen molar-refractivity contribution in [3.8, 4) is 5.75 Å². The van der Waals surface area contributed by atoms with Gasteiger partial charge in [0.2, 0.25) is 10.0 Å². The molecule has 0 spiro atoms. The fourth-order valence-corrected chi connectivity index (χ4v) is 6.02. The topological polar surface area (TPSA) is 76.1 Å². The SMILES string of the molecule is CCN(CC1CCCO1)C(=O)c1ccc(OC)c(S(=O)(=O)N2CCCCC2C)c1. The molecular weight excluding hydrogens is 392 g/mol. The van der Waals surface area contributed by atoms with Crippen LogP contribution in [0.15, 0.2) is 23.1 Å². The number of carbonyl (C=O) groups excluding carboxylic acids is 1. The Hall–Kier alpha value is -1.64. The lowest BCUT2D eigenvalue weighted by Gasteiger charge is -2.32. The van der Waals surface area contributed by atoms with Crippen LogP contribution in [0.4, 0.5) is 0 Å². The number of rotatable bonds is 7. The molecule has 2 aliphatic heterocycles. The Morgan fingerprint density at radius 2 is 2.07 bits per heavy atom. The molecule has 0 N–H and O–H groups in total. The van der Waals surface area contributed by atoms with Gasteiger partial charge in [0.25, 0.3) is 5.91 Å². The maximum Gasteiger partial charge on any atom is 0.253 e. The van der Waals surface area contributed by atoms with E-state index in [1.807, 2.05) is 13.8 Å². The fourth-order valence-electron chi connectivity index (χ4n) is 4.14. The summed E-state index contributed by atoms with van der Waals surface area (Å²) in [4.78, 5) is 14.9. The van der Waals surface area contributed by atoms with Crippen molar-refractivity contribution in [1.29, 1.82) is 0 Å². The Labute approximate surface area is 174 Å². The van der Waals surface area contributed by atoms with E-state index in [2.05, 4.69) is 0 Å². The fraction of sp³-hybridized carbons (Fsp3) is 0.667. The second kappa shape index (κ2) is 9.45. The largest absolute Gasteiger partial charge is 0.495 e. The quantitative estimate of drug-likeness (QED) is 0.673. The molecule has 162 valence electrons. The third-order valence-corrected chi connectivity index (χ3v) is 7.89. The molecule has 0 bridgehead atoms. The average Bonchev–Trinajstić information content (AvgIpc) is 3.24. The van der Waals surface area contributed by atoms with Gasteiger partial charge in [0, 0.05) is 37.8 Å². The van der Waals surface area contributed by atoms with Crippen LogP contribution in [0.2, 0.25) is 0 Å². The normalized spacial score (nSPS) is 23.1. The van der Waals surface area contributed by atoms with Gasteiger partial charge in [-0.05, 0) is 57.7 Å². The highest BCUT2D eigenvalue weighted by Gasteiger charge is 2.34. The van der Waals surface area contributed by atoms with E-state index < -0.39 is 10.0 Å². The van der Waals surface area contributed by atoms with Crippen molar-refractivity contribution in [2.24, 2.45) is 0 Å². The Kier molecular flexibility index (Phi) is 7.19. The van der Waals surface area contributed by atoms with Crippen molar-refractivity contribution in [3.63, 3.8) is 0 Å². The van der Waals surface area contributed by atoms with Crippen molar-refractivity contribution in [2.45, 2.75) is 63.0 Å². The third-order valence-electron chi connectivity index (χ3n) is 5.86. The van der Waals surface area contributed by atoms with Gasteiger partial charge in [-0.15, -0.1) is 0 Å². The van der Waals surface area contributed by atoms with Gasteiger partial charge in [0.05, 0.1) is 13.2 Å². The lowest BCUT2D eigenvalue weighted by atomic mass is 10.1. The van der Waals surface area contributed by atoms with E-state index in [9.17, 15) is 13.2 Å².